The standard InChI is InChI=1S/C33H39NO5.C21H19NO4.C10H20N2O2.2CH4/c1-4-9-23(32(38-3)31(36)17-22-14-15-22)18-30(35)29-16-21(2)19-34(29)33(37)39-20-28-26-12-7-5-10-24(26)25-11-6-8-13-27(25)28;1-13-10-19(20(23)24)22(11-13)21(25)26-12-18-16-8-4-2-6-14(16)15-7-3-5-9-17(15)18;1-3-4-8(11)9(14-2)10(13)12-7-5-6-7;;/h5-8,10-13,22-23,28-29,32H,2,4,9,14-20H2,1,3H3;2-9,18-19H,1,10-12H2,(H,23,24);7-9H,3-6,11H2,1-2H3,(H,12,13);2*1H4/t23-,29-,32?;19-;8-,9?;;/m000../s1/i;;;1D;. The van der Waals surface area contributed by atoms with Gasteiger partial charge in [-0.25, -0.2) is 14.4 Å². The van der Waals surface area contributed by atoms with Crippen molar-refractivity contribution in [3.63, 3.8) is 0 Å². The van der Waals surface area contributed by atoms with E-state index in [2.05, 4.69) is 61.8 Å². The number of nitrogens with zero attached hydrogens (tertiary/aromatic N) is 2. The fourth-order valence-corrected chi connectivity index (χ4v) is 11.8. The Hall–Kier alpha value is -6.94. The monoisotopic (exact) mass is 1110 g/mol. The van der Waals surface area contributed by atoms with Gasteiger partial charge in [0, 0.05) is 71.9 Å². The van der Waals surface area contributed by atoms with E-state index in [1.54, 1.807) is 7.11 Å². The summed E-state index contributed by atoms with van der Waals surface area (Å²) in [4.78, 5) is 78.1. The van der Waals surface area contributed by atoms with Crippen LogP contribution in [-0.4, -0.2) is 127 Å². The highest BCUT2D eigenvalue weighted by Crippen LogP contribution is 2.46. The molecule has 10 rings (SSSR count). The van der Waals surface area contributed by atoms with Crippen molar-refractivity contribution in [2.24, 2.45) is 17.6 Å². The Morgan fingerprint density at radius 2 is 1.07 bits per heavy atom. The number of carbonyl (C=O) groups excluding carboxylic acids is 5. The van der Waals surface area contributed by atoms with E-state index in [0.29, 0.717) is 31.3 Å². The van der Waals surface area contributed by atoms with E-state index in [0.717, 1.165) is 95.9 Å². The first-order chi connectivity index (χ1) is 39.1. The molecule has 0 radical (unpaired) electrons. The number of hydrogen-bond acceptors (Lipinski definition) is 11. The van der Waals surface area contributed by atoms with Gasteiger partial charge in [0.05, 0.1) is 6.04 Å². The van der Waals surface area contributed by atoms with Gasteiger partial charge >= 0.3 is 18.2 Å². The van der Waals surface area contributed by atoms with E-state index in [4.69, 9.17) is 26.1 Å². The molecule has 0 bridgehead atoms. The maximum Gasteiger partial charge on any atom is 0.410 e. The Morgan fingerprint density at radius 1 is 0.654 bits per heavy atom. The van der Waals surface area contributed by atoms with Crippen LogP contribution in [-0.2, 0) is 38.1 Å². The number of Topliss-reactive ketones (excluding diaryl/α,β-unsaturated/α-hetero) is 2. The third-order valence-electron chi connectivity index (χ3n) is 16.1. The lowest BCUT2D eigenvalue weighted by Gasteiger charge is -2.28. The minimum Gasteiger partial charge on any atom is -0.480 e. The van der Waals surface area contributed by atoms with Crippen molar-refractivity contribution in [3.05, 3.63) is 144 Å². The van der Waals surface area contributed by atoms with Crippen molar-refractivity contribution < 1.29 is 54.2 Å². The molecule has 15 nitrogen and oxygen atoms in total. The van der Waals surface area contributed by atoms with E-state index in [1.807, 2.05) is 67.6 Å². The molecule has 0 spiro atoms. The number of hydrogen-bond donors (Lipinski definition) is 3. The Labute approximate surface area is 481 Å². The Morgan fingerprint density at radius 3 is 1.47 bits per heavy atom. The van der Waals surface area contributed by atoms with Crippen molar-refractivity contribution in [1.82, 2.24) is 15.1 Å². The van der Waals surface area contributed by atoms with Crippen LogP contribution in [0, 0.1) is 11.8 Å². The summed E-state index contributed by atoms with van der Waals surface area (Å²) in [5, 5.41) is 12.2. The third-order valence-corrected chi connectivity index (χ3v) is 16.1. The predicted octanol–water partition coefficient (Wildman–Crippen LogP) is 11.7. The van der Waals surface area contributed by atoms with E-state index in [1.165, 1.54) is 35.4 Å². The number of carbonyl (C=O) groups is 6. The number of benzene rings is 4. The van der Waals surface area contributed by atoms with Gasteiger partial charge in [0.2, 0.25) is 0 Å². The van der Waals surface area contributed by atoms with E-state index < -0.39 is 42.4 Å². The average Bonchev–Trinajstić information content (AvgIpc) is 4.43. The number of nitrogens with one attached hydrogen (secondary N) is 1. The first-order valence-corrected chi connectivity index (χ1v) is 28.1. The van der Waals surface area contributed by atoms with Crippen LogP contribution in [0.4, 0.5) is 9.59 Å². The minimum absolute atomic E-state index is 0. The van der Waals surface area contributed by atoms with Crippen LogP contribution >= 0.6 is 0 Å². The first-order valence-electron chi connectivity index (χ1n) is 29.1. The quantitative estimate of drug-likeness (QED) is 0.0667. The third kappa shape index (κ3) is 15.3. The van der Waals surface area contributed by atoms with Crippen molar-refractivity contribution in [1.29, 1.82) is 0 Å². The maximum absolute atomic E-state index is 13.6. The van der Waals surface area contributed by atoms with Gasteiger partial charge in [-0.05, 0) is 101 Å². The van der Waals surface area contributed by atoms with Crippen molar-refractivity contribution in [2.45, 2.75) is 154 Å². The highest BCUT2D eigenvalue weighted by atomic mass is 16.6. The summed E-state index contributed by atoms with van der Waals surface area (Å²) in [6, 6.07) is 31.3. The molecule has 6 aliphatic rings. The van der Waals surface area contributed by atoms with Gasteiger partial charge in [0.25, 0.3) is 5.91 Å². The molecule has 2 heterocycles. The highest BCUT2D eigenvalue weighted by Gasteiger charge is 2.42. The highest BCUT2D eigenvalue weighted by molar-refractivity contribution is 5.91. The Bertz CT molecular complexity index is 2790. The summed E-state index contributed by atoms with van der Waals surface area (Å²) in [5.74, 6) is -0.867. The number of ether oxygens (including phenoxy) is 4. The number of rotatable bonds is 21. The number of likely N-dealkylation sites (tertiary alicyclic amines) is 2. The zero-order valence-corrected chi connectivity index (χ0v) is 47.2. The number of carboxylic acid groups (broad SMARTS) is 1. The van der Waals surface area contributed by atoms with E-state index in [9.17, 15) is 33.9 Å². The number of nitrogens with two attached hydrogens (primary N) is 1. The Balaban J connectivity index is 0.000000216. The molecule has 2 saturated carbocycles. The summed E-state index contributed by atoms with van der Waals surface area (Å²) in [6.45, 7) is 12.9. The number of aliphatic carboxylic acids is 1. The molecule has 2 unspecified atom stereocenters. The minimum atomic E-state index is -1.03. The second kappa shape index (κ2) is 29.2. The van der Waals surface area contributed by atoms with Gasteiger partial charge < -0.3 is 35.1 Å². The fourth-order valence-electron chi connectivity index (χ4n) is 11.8. The summed E-state index contributed by atoms with van der Waals surface area (Å²) in [7, 11) is 4.34. The van der Waals surface area contributed by atoms with Crippen LogP contribution in [0.15, 0.2) is 121 Å². The van der Waals surface area contributed by atoms with Crippen molar-refractivity contribution in [3.8, 4) is 22.3 Å². The number of amides is 3. The van der Waals surface area contributed by atoms with Crippen LogP contribution in [0.3, 0.4) is 0 Å². The molecule has 4 N–H and O–H groups in total. The second-order valence-electron chi connectivity index (χ2n) is 22.0. The van der Waals surface area contributed by atoms with Gasteiger partial charge in [-0.1, -0.05) is 163 Å². The first kappa shape index (κ1) is 61.7. The molecule has 15 heteroatoms. The molecule has 4 aliphatic carbocycles. The molecule has 4 aromatic carbocycles. The van der Waals surface area contributed by atoms with Crippen LogP contribution in [0.25, 0.3) is 22.3 Å². The summed E-state index contributed by atoms with van der Waals surface area (Å²) in [6.07, 6.45) is 7.00. The zero-order valence-electron chi connectivity index (χ0n) is 48.2. The summed E-state index contributed by atoms with van der Waals surface area (Å²) >= 11 is 0. The average molecular weight is 1110 g/mol. The fraction of sp³-hybridized carbons (Fsp3) is 0.485. The molecule has 6 atom stereocenters. The molecular formula is C66H86N4O11. The van der Waals surface area contributed by atoms with E-state index >= 15 is 0 Å². The number of carboxylic acids is 1. The molecule has 436 valence electrons. The lowest BCUT2D eigenvalue weighted by Crippen LogP contribution is -2.48. The van der Waals surface area contributed by atoms with Crippen molar-refractivity contribution >= 4 is 35.6 Å². The largest absolute Gasteiger partial charge is 0.480 e. The van der Waals surface area contributed by atoms with Gasteiger partial charge in [-0.15, -0.1) is 0 Å². The van der Waals surface area contributed by atoms with Gasteiger partial charge in [-0.2, -0.15) is 0 Å². The van der Waals surface area contributed by atoms with Crippen LogP contribution in [0.1, 0.15) is 141 Å². The predicted molar refractivity (Wildman–Crippen MR) is 316 cm³/mol. The molecule has 4 fully saturated rings. The molecule has 0 aromatic heterocycles. The number of ketones is 2. The zero-order chi connectivity index (χ0) is 58.3. The van der Waals surface area contributed by atoms with Gasteiger partial charge in [0.1, 0.15) is 25.4 Å². The summed E-state index contributed by atoms with van der Waals surface area (Å²) < 4.78 is 27.9. The molecular weight excluding hydrogens is 1020 g/mol. The lowest BCUT2D eigenvalue weighted by molar-refractivity contribution is -0.141. The SMILES string of the molecule is C.C=C1C[C@@H](C(=O)C[C@H](CCC)C(OC)C(=O)CC2CC2)N(C(=O)OCC2c3ccccc3-c3ccccc32)C1.C=C1C[C@@H](C(=O)O)N(C(=O)OCC2c3ccccc3-c3ccccc32)C1.CCC[C@H](N)C(OC)C(=O)NC1CC1.[2H]C. The lowest BCUT2D eigenvalue weighted by atomic mass is 9.86. The summed E-state index contributed by atoms with van der Waals surface area (Å²) in [5.41, 5.74) is 16.6. The molecule has 3 amide bonds. The second-order valence-corrected chi connectivity index (χ2v) is 22.0. The van der Waals surface area contributed by atoms with Gasteiger partial charge in [-0.3, -0.25) is 24.2 Å². The van der Waals surface area contributed by atoms with E-state index in [-0.39, 0.29) is 81.3 Å². The van der Waals surface area contributed by atoms with Crippen LogP contribution in [0.5, 0.6) is 0 Å². The smallest absolute Gasteiger partial charge is 0.410 e. The topological polar surface area (TPSA) is 204 Å². The molecule has 2 saturated heterocycles. The molecule has 2 aliphatic heterocycles. The Kier molecular flexibility index (Phi) is 22.2. The normalized spacial score (nSPS) is 19.1. The van der Waals surface area contributed by atoms with Gasteiger partial charge in [0.15, 0.2) is 17.7 Å². The van der Waals surface area contributed by atoms with Crippen molar-refractivity contribution in [2.75, 3.05) is 40.5 Å². The number of methoxy groups -OCH3 is 2. The molecule has 4 aromatic rings. The van der Waals surface area contributed by atoms with Crippen LogP contribution in [0.2, 0.25) is 0 Å². The maximum atomic E-state index is 13.6. The van der Waals surface area contributed by atoms with Crippen LogP contribution < -0.4 is 11.1 Å². The molecule has 81 heavy (non-hydrogen) atoms. The number of fused-ring (bicyclic) bond motifs is 6.